The lowest BCUT2D eigenvalue weighted by molar-refractivity contribution is 0.0947. The summed E-state index contributed by atoms with van der Waals surface area (Å²) in [5.41, 5.74) is -0.335. The van der Waals surface area contributed by atoms with Crippen LogP contribution in [-0.4, -0.2) is 29.1 Å². The summed E-state index contributed by atoms with van der Waals surface area (Å²) in [5, 5.41) is 11.1. The number of aliphatic hydroxyl groups is 1. The van der Waals surface area contributed by atoms with Gasteiger partial charge in [0, 0.05) is 19.3 Å². The first-order valence-electron chi connectivity index (χ1n) is 5.86. The van der Waals surface area contributed by atoms with Crippen LogP contribution in [0, 0.1) is 11.8 Å². The van der Waals surface area contributed by atoms with Crippen LogP contribution in [0.2, 0.25) is 0 Å². The summed E-state index contributed by atoms with van der Waals surface area (Å²) in [6.07, 6.45) is 4.27. The first-order chi connectivity index (χ1) is 8.66. The number of carbonyl (C=O) groups is 1. The summed E-state index contributed by atoms with van der Waals surface area (Å²) in [5.74, 6) is -3.14. The summed E-state index contributed by atoms with van der Waals surface area (Å²) in [6, 6.07) is 1.14. The summed E-state index contributed by atoms with van der Waals surface area (Å²) >= 11 is 0. The zero-order valence-electron chi connectivity index (χ0n) is 9.96. The molecule has 100 valence electrons. The van der Waals surface area contributed by atoms with E-state index < -0.39 is 17.7 Å². The summed E-state index contributed by atoms with van der Waals surface area (Å²) < 4.78 is 26.0. The molecule has 6 heteroatoms. The molecule has 18 heavy (non-hydrogen) atoms. The van der Waals surface area contributed by atoms with Crippen LogP contribution in [0.15, 0.2) is 12.3 Å². The van der Waals surface area contributed by atoms with Gasteiger partial charge in [-0.15, -0.1) is 0 Å². The number of nitrogens with zero attached hydrogens (tertiary/aromatic N) is 1. The average Bonchev–Trinajstić information content (AvgIpc) is 2.36. The monoisotopic (exact) mass is 258 g/mol. The summed E-state index contributed by atoms with van der Waals surface area (Å²) in [6.45, 7) is 0.557. The van der Waals surface area contributed by atoms with Gasteiger partial charge in [-0.3, -0.25) is 4.79 Å². The Kier molecular flexibility index (Phi) is 6.21. The number of halogens is 2. The van der Waals surface area contributed by atoms with Crippen molar-refractivity contribution < 1.29 is 18.7 Å². The molecule has 0 spiro atoms. The van der Waals surface area contributed by atoms with Crippen molar-refractivity contribution in [1.29, 1.82) is 0 Å². The lowest BCUT2D eigenvalue weighted by Crippen LogP contribution is -2.25. The van der Waals surface area contributed by atoms with E-state index in [-0.39, 0.29) is 12.2 Å². The lowest BCUT2D eigenvalue weighted by Gasteiger charge is -2.05. The van der Waals surface area contributed by atoms with Crippen LogP contribution in [0.5, 0.6) is 0 Å². The molecule has 0 aliphatic carbocycles. The van der Waals surface area contributed by atoms with Crippen molar-refractivity contribution in [3.63, 3.8) is 0 Å². The van der Waals surface area contributed by atoms with Crippen molar-refractivity contribution in [1.82, 2.24) is 10.3 Å². The topological polar surface area (TPSA) is 62.2 Å². The van der Waals surface area contributed by atoms with Gasteiger partial charge < -0.3 is 10.4 Å². The molecule has 0 saturated carbocycles. The molecule has 0 aliphatic heterocycles. The number of pyridine rings is 1. The molecule has 0 unspecified atom stereocenters. The number of carbonyl (C=O) groups excluding carboxylic acids is 1. The number of unbranched alkanes of at least 4 members (excludes halogenated alkanes) is 3. The van der Waals surface area contributed by atoms with E-state index in [1.165, 1.54) is 0 Å². The highest BCUT2D eigenvalue weighted by Gasteiger charge is 2.15. The van der Waals surface area contributed by atoms with Gasteiger partial charge in [0.1, 0.15) is 0 Å². The Morgan fingerprint density at radius 3 is 2.72 bits per heavy atom. The highest BCUT2D eigenvalue weighted by molar-refractivity contribution is 5.94. The summed E-state index contributed by atoms with van der Waals surface area (Å²) in [7, 11) is 0. The van der Waals surface area contributed by atoms with E-state index >= 15 is 0 Å². The van der Waals surface area contributed by atoms with Crippen LogP contribution in [0.3, 0.4) is 0 Å². The number of hydrogen-bond acceptors (Lipinski definition) is 3. The molecule has 0 radical (unpaired) electrons. The number of rotatable bonds is 7. The van der Waals surface area contributed by atoms with E-state index in [9.17, 15) is 13.6 Å². The standard InChI is InChI=1S/C12H16F2N2O2/c13-10-9(5-7-15-11(10)14)12(18)16-6-3-1-2-4-8-17/h5,7,17H,1-4,6,8H2,(H,16,18). The largest absolute Gasteiger partial charge is 0.396 e. The summed E-state index contributed by atoms with van der Waals surface area (Å²) in [4.78, 5) is 14.6. The molecule has 1 aromatic heterocycles. The molecule has 4 nitrogen and oxygen atoms in total. The second kappa shape index (κ2) is 7.71. The Morgan fingerprint density at radius 2 is 2.00 bits per heavy atom. The molecule has 0 bridgehead atoms. The maximum absolute atomic E-state index is 13.2. The quantitative estimate of drug-likeness (QED) is 0.577. The maximum Gasteiger partial charge on any atom is 0.254 e. The zero-order valence-corrected chi connectivity index (χ0v) is 9.96. The third kappa shape index (κ3) is 4.37. The number of amides is 1. The molecule has 0 aliphatic rings. The first-order valence-corrected chi connectivity index (χ1v) is 5.86. The highest BCUT2D eigenvalue weighted by atomic mass is 19.2. The third-order valence-corrected chi connectivity index (χ3v) is 2.46. The smallest absolute Gasteiger partial charge is 0.254 e. The third-order valence-electron chi connectivity index (χ3n) is 2.46. The van der Waals surface area contributed by atoms with Crippen LogP contribution in [0.25, 0.3) is 0 Å². The van der Waals surface area contributed by atoms with Gasteiger partial charge in [0.15, 0.2) is 5.82 Å². The van der Waals surface area contributed by atoms with Gasteiger partial charge in [-0.1, -0.05) is 12.8 Å². The number of hydrogen-bond donors (Lipinski definition) is 2. The minimum absolute atomic E-state index is 0.161. The van der Waals surface area contributed by atoms with Crippen LogP contribution in [0.1, 0.15) is 36.0 Å². The fourth-order valence-electron chi connectivity index (χ4n) is 1.48. The molecule has 0 fully saturated rings. The Bertz CT molecular complexity index is 400. The van der Waals surface area contributed by atoms with Crippen LogP contribution >= 0.6 is 0 Å². The van der Waals surface area contributed by atoms with Crippen molar-refractivity contribution in [3.05, 3.63) is 29.6 Å². The van der Waals surface area contributed by atoms with Crippen molar-refractivity contribution >= 4 is 5.91 Å². The molecule has 1 amide bonds. The molecule has 1 aromatic rings. The normalized spacial score (nSPS) is 10.4. The van der Waals surface area contributed by atoms with Crippen molar-refractivity contribution in [2.45, 2.75) is 25.7 Å². The average molecular weight is 258 g/mol. The first kappa shape index (κ1) is 14.5. The van der Waals surface area contributed by atoms with Crippen LogP contribution in [0.4, 0.5) is 8.78 Å². The van der Waals surface area contributed by atoms with Gasteiger partial charge >= 0.3 is 0 Å². The number of aliphatic hydroxyl groups excluding tert-OH is 1. The predicted octanol–water partition coefficient (Wildman–Crippen LogP) is 1.64. The predicted molar refractivity (Wildman–Crippen MR) is 62.0 cm³/mol. The number of nitrogens with one attached hydrogen (secondary N) is 1. The molecule has 1 rings (SSSR count). The van der Waals surface area contributed by atoms with Crippen molar-refractivity contribution in [2.75, 3.05) is 13.2 Å². The minimum Gasteiger partial charge on any atom is -0.396 e. The van der Waals surface area contributed by atoms with E-state index in [0.717, 1.165) is 37.9 Å². The molecule has 1 heterocycles. The molecule has 0 aromatic carbocycles. The molecular formula is C12H16F2N2O2. The van der Waals surface area contributed by atoms with E-state index in [2.05, 4.69) is 10.3 Å². The Hall–Kier alpha value is -1.56. The Balaban J connectivity index is 2.35. The Morgan fingerprint density at radius 1 is 1.28 bits per heavy atom. The van der Waals surface area contributed by atoms with Gasteiger partial charge in [-0.2, -0.15) is 4.39 Å². The lowest BCUT2D eigenvalue weighted by atomic mass is 10.2. The van der Waals surface area contributed by atoms with Crippen molar-refractivity contribution in [3.8, 4) is 0 Å². The molecule has 2 N–H and O–H groups in total. The molecule has 0 atom stereocenters. The highest BCUT2D eigenvalue weighted by Crippen LogP contribution is 2.08. The van der Waals surface area contributed by atoms with E-state index in [4.69, 9.17) is 5.11 Å². The maximum atomic E-state index is 13.2. The van der Waals surface area contributed by atoms with Gasteiger partial charge in [0.05, 0.1) is 5.56 Å². The number of aromatic nitrogens is 1. The second-order valence-electron chi connectivity index (χ2n) is 3.86. The SMILES string of the molecule is O=C(NCCCCCCO)c1ccnc(F)c1F. The Labute approximate surface area is 104 Å². The van der Waals surface area contributed by atoms with E-state index in [1.807, 2.05) is 0 Å². The van der Waals surface area contributed by atoms with Crippen molar-refractivity contribution in [2.24, 2.45) is 0 Å². The zero-order chi connectivity index (χ0) is 13.4. The van der Waals surface area contributed by atoms with Gasteiger partial charge in [0.2, 0.25) is 5.95 Å². The van der Waals surface area contributed by atoms with E-state index in [1.54, 1.807) is 0 Å². The fraction of sp³-hybridized carbons (Fsp3) is 0.500. The minimum atomic E-state index is -1.27. The molecule has 0 saturated heterocycles. The van der Waals surface area contributed by atoms with E-state index in [0.29, 0.717) is 6.54 Å². The van der Waals surface area contributed by atoms with Gasteiger partial charge in [-0.25, -0.2) is 9.37 Å². The van der Waals surface area contributed by atoms with Crippen LogP contribution in [-0.2, 0) is 0 Å². The fourth-order valence-corrected chi connectivity index (χ4v) is 1.48. The molecular weight excluding hydrogens is 242 g/mol. The van der Waals surface area contributed by atoms with Gasteiger partial charge in [0.25, 0.3) is 5.91 Å². The van der Waals surface area contributed by atoms with Crippen LogP contribution < -0.4 is 5.32 Å². The van der Waals surface area contributed by atoms with Gasteiger partial charge in [-0.05, 0) is 18.9 Å². The second-order valence-corrected chi connectivity index (χ2v) is 3.86.